The van der Waals surface area contributed by atoms with Crippen LogP contribution in [0.2, 0.25) is 0 Å². The number of aromatic nitrogens is 4. The summed E-state index contributed by atoms with van der Waals surface area (Å²) in [7, 11) is 0. The van der Waals surface area contributed by atoms with Gasteiger partial charge in [-0.2, -0.15) is 5.10 Å². The minimum absolute atomic E-state index is 0.225. The topological polar surface area (TPSA) is 105 Å². The van der Waals surface area contributed by atoms with Crippen molar-refractivity contribution < 1.29 is 22.9 Å². The van der Waals surface area contributed by atoms with Crippen molar-refractivity contribution in [3.63, 3.8) is 0 Å². The Morgan fingerprint density at radius 1 is 1.29 bits per heavy atom. The molecule has 1 aliphatic carbocycles. The van der Waals surface area contributed by atoms with Crippen molar-refractivity contribution in [3.8, 4) is 5.69 Å². The minimum atomic E-state index is -2.66. The van der Waals surface area contributed by atoms with E-state index in [0.29, 0.717) is 27.3 Å². The van der Waals surface area contributed by atoms with Gasteiger partial charge in [0.2, 0.25) is 5.92 Å². The lowest BCUT2D eigenvalue weighted by Gasteiger charge is -2.29. The predicted molar refractivity (Wildman–Crippen MR) is 111 cm³/mol. The van der Waals surface area contributed by atoms with Crippen LogP contribution in [0, 0.1) is 0 Å². The van der Waals surface area contributed by atoms with E-state index in [4.69, 9.17) is 4.74 Å². The summed E-state index contributed by atoms with van der Waals surface area (Å²) in [5.74, 6) is -2.66. The first-order valence-electron chi connectivity index (χ1n) is 9.88. The summed E-state index contributed by atoms with van der Waals surface area (Å²) in [4.78, 5) is 20.6. The molecule has 1 saturated carbocycles. The number of pyridine rings is 2. The van der Waals surface area contributed by atoms with E-state index in [1.165, 1.54) is 12.4 Å². The first-order valence-corrected chi connectivity index (χ1v) is 11.1. The number of hydrogen-bond donors (Lipinski definition) is 1. The zero-order chi connectivity index (χ0) is 22.0. The van der Waals surface area contributed by atoms with Gasteiger partial charge in [-0.15, -0.1) is 0 Å². The zero-order valence-corrected chi connectivity index (χ0v) is 17.6. The molecule has 0 saturated heterocycles. The maximum atomic E-state index is 13.4. The van der Waals surface area contributed by atoms with Gasteiger partial charge in [-0.3, -0.25) is 10.3 Å². The number of ether oxygens (including phenoxy) is 1. The molecule has 3 aromatic heterocycles. The van der Waals surface area contributed by atoms with Crippen LogP contribution in [0.3, 0.4) is 0 Å². The van der Waals surface area contributed by atoms with Crippen molar-refractivity contribution in [2.45, 2.75) is 48.7 Å². The Bertz CT molecular complexity index is 1080. The van der Waals surface area contributed by atoms with Gasteiger partial charge in [-0.1, -0.05) is 0 Å². The standard InChI is InChI=1S/C20H21F2N5O3S/c1-2-30-19(28)26-14-8-15(11-23-10-14)27-18-13(9-25-27)7-17(12-24-18)31(29)16-3-5-20(21,22)6-4-16/h7-12,16H,2-6H2,1H3,(H,26,28). The molecular weight excluding hydrogens is 428 g/mol. The minimum Gasteiger partial charge on any atom is -0.611 e. The monoisotopic (exact) mass is 449 g/mol. The number of alkyl halides is 2. The predicted octanol–water partition coefficient (Wildman–Crippen LogP) is 4.07. The van der Waals surface area contributed by atoms with Crippen LogP contribution in [0.5, 0.6) is 0 Å². The van der Waals surface area contributed by atoms with Crippen LogP contribution in [0.25, 0.3) is 16.7 Å². The molecule has 3 heterocycles. The van der Waals surface area contributed by atoms with Gasteiger partial charge in [0.25, 0.3) is 0 Å². The van der Waals surface area contributed by atoms with Crippen LogP contribution in [-0.4, -0.2) is 48.2 Å². The number of fused-ring (bicyclic) bond motifs is 1. The third kappa shape index (κ3) is 4.77. The Morgan fingerprint density at radius 2 is 2.06 bits per heavy atom. The maximum absolute atomic E-state index is 13.4. The average Bonchev–Trinajstić information content (AvgIpc) is 3.17. The van der Waals surface area contributed by atoms with Crippen LogP contribution < -0.4 is 5.32 Å². The molecule has 0 radical (unpaired) electrons. The number of amides is 1. The van der Waals surface area contributed by atoms with Crippen molar-refractivity contribution in [2.24, 2.45) is 0 Å². The van der Waals surface area contributed by atoms with Gasteiger partial charge in [0.1, 0.15) is 5.25 Å². The number of hydrogen-bond acceptors (Lipinski definition) is 6. The fourth-order valence-electron chi connectivity index (χ4n) is 3.52. The fourth-order valence-corrected chi connectivity index (χ4v) is 4.97. The number of nitrogens with zero attached hydrogens (tertiary/aromatic N) is 4. The molecule has 4 rings (SSSR count). The number of carbonyl (C=O) groups excluding carboxylic acids is 1. The van der Waals surface area contributed by atoms with E-state index in [1.54, 1.807) is 36.1 Å². The molecule has 8 nitrogen and oxygen atoms in total. The summed E-state index contributed by atoms with van der Waals surface area (Å²) in [6, 6.07) is 3.40. The number of anilines is 1. The van der Waals surface area contributed by atoms with E-state index < -0.39 is 23.2 Å². The summed E-state index contributed by atoms with van der Waals surface area (Å²) in [6.07, 6.45) is 5.53. The summed E-state index contributed by atoms with van der Waals surface area (Å²) in [5, 5.41) is 7.27. The Labute approximate surface area is 180 Å². The van der Waals surface area contributed by atoms with E-state index in [-0.39, 0.29) is 37.5 Å². The lowest BCUT2D eigenvalue weighted by atomic mass is 9.96. The van der Waals surface area contributed by atoms with Crippen molar-refractivity contribution in [3.05, 3.63) is 36.9 Å². The molecule has 1 fully saturated rings. The van der Waals surface area contributed by atoms with Gasteiger partial charge in [0.05, 0.1) is 42.8 Å². The fraction of sp³-hybridized carbons (Fsp3) is 0.400. The Hall–Kier alpha value is -2.79. The molecule has 1 aliphatic rings. The Morgan fingerprint density at radius 3 is 2.81 bits per heavy atom. The highest BCUT2D eigenvalue weighted by Crippen LogP contribution is 2.37. The average molecular weight is 449 g/mol. The summed E-state index contributed by atoms with van der Waals surface area (Å²) >= 11 is -1.41. The molecule has 1 atom stereocenters. The van der Waals surface area contributed by atoms with Crippen LogP contribution in [0.4, 0.5) is 19.3 Å². The second-order valence-electron chi connectivity index (χ2n) is 7.27. The molecule has 3 aromatic rings. The third-order valence-electron chi connectivity index (χ3n) is 5.07. The zero-order valence-electron chi connectivity index (χ0n) is 16.8. The number of carbonyl (C=O) groups is 1. The second-order valence-corrected chi connectivity index (χ2v) is 9.00. The van der Waals surface area contributed by atoms with Crippen molar-refractivity contribution in [2.75, 3.05) is 11.9 Å². The smallest absolute Gasteiger partial charge is 0.411 e. The first-order chi connectivity index (χ1) is 14.9. The quantitative estimate of drug-likeness (QED) is 0.589. The summed E-state index contributed by atoms with van der Waals surface area (Å²) < 4.78 is 46.1. The molecular formula is C20H21F2N5O3S. The van der Waals surface area contributed by atoms with Crippen LogP contribution >= 0.6 is 0 Å². The highest BCUT2D eigenvalue weighted by Gasteiger charge is 2.40. The highest BCUT2D eigenvalue weighted by atomic mass is 32.2. The Balaban J connectivity index is 1.55. The van der Waals surface area contributed by atoms with Crippen LogP contribution in [-0.2, 0) is 15.9 Å². The lowest BCUT2D eigenvalue weighted by molar-refractivity contribution is -0.0328. The summed E-state index contributed by atoms with van der Waals surface area (Å²) in [6.45, 7) is 1.96. The van der Waals surface area contributed by atoms with Gasteiger partial charge in [-0.25, -0.2) is 23.2 Å². The normalized spacial score (nSPS) is 17.4. The molecule has 164 valence electrons. The molecule has 11 heteroatoms. The van der Waals surface area contributed by atoms with E-state index in [2.05, 4.69) is 20.4 Å². The number of halogens is 2. The molecule has 1 unspecified atom stereocenters. The van der Waals surface area contributed by atoms with Crippen molar-refractivity contribution in [1.82, 2.24) is 19.7 Å². The lowest BCUT2D eigenvalue weighted by Crippen LogP contribution is -2.32. The molecule has 1 amide bonds. The van der Waals surface area contributed by atoms with Gasteiger partial charge in [0.15, 0.2) is 10.5 Å². The summed E-state index contributed by atoms with van der Waals surface area (Å²) in [5.41, 5.74) is 1.53. The largest absolute Gasteiger partial charge is 0.611 e. The van der Waals surface area contributed by atoms with Crippen molar-refractivity contribution in [1.29, 1.82) is 0 Å². The number of rotatable bonds is 5. The molecule has 0 bridgehead atoms. The highest BCUT2D eigenvalue weighted by molar-refractivity contribution is 7.92. The van der Waals surface area contributed by atoms with Gasteiger partial charge >= 0.3 is 6.09 Å². The number of nitrogens with one attached hydrogen (secondary N) is 1. The molecule has 0 aromatic carbocycles. The van der Waals surface area contributed by atoms with E-state index in [1.807, 2.05) is 0 Å². The van der Waals surface area contributed by atoms with Gasteiger partial charge < -0.3 is 9.29 Å². The Kier molecular flexibility index (Phi) is 6.05. The van der Waals surface area contributed by atoms with E-state index in [0.717, 1.165) is 0 Å². The second kappa shape index (κ2) is 8.75. The van der Waals surface area contributed by atoms with E-state index >= 15 is 0 Å². The van der Waals surface area contributed by atoms with Crippen LogP contribution in [0.1, 0.15) is 32.6 Å². The SMILES string of the molecule is CCOC(=O)Nc1cncc(-n2ncc3cc([S+]([O-])C4CCC(F)(F)CC4)cnc32)c1. The molecule has 0 aliphatic heterocycles. The molecule has 31 heavy (non-hydrogen) atoms. The van der Waals surface area contributed by atoms with E-state index in [9.17, 15) is 18.1 Å². The van der Waals surface area contributed by atoms with Gasteiger partial charge in [-0.05, 0) is 24.2 Å². The molecule has 0 spiro atoms. The van der Waals surface area contributed by atoms with Crippen molar-refractivity contribution >= 4 is 34.0 Å². The molecule has 1 N–H and O–H groups in total. The van der Waals surface area contributed by atoms with Gasteiger partial charge in [0, 0.05) is 37.1 Å². The maximum Gasteiger partial charge on any atom is 0.411 e. The first kappa shape index (κ1) is 21.4. The van der Waals surface area contributed by atoms with Crippen LogP contribution in [0.15, 0.2) is 41.8 Å². The third-order valence-corrected chi connectivity index (χ3v) is 6.84.